The predicted octanol–water partition coefficient (Wildman–Crippen LogP) is 4.41. The Kier molecular flexibility index (Phi) is 3.07. The summed E-state index contributed by atoms with van der Waals surface area (Å²) >= 11 is 6.13. The average molecular weight is 278 g/mol. The van der Waals surface area contributed by atoms with Gasteiger partial charge >= 0.3 is 0 Å². The van der Waals surface area contributed by atoms with Crippen LogP contribution in [0.25, 0.3) is 0 Å². The summed E-state index contributed by atoms with van der Waals surface area (Å²) in [5.41, 5.74) is 1.67. The number of rotatable bonds is 1. The fourth-order valence-corrected chi connectivity index (χ4v) is 2.55. The molecule has 0 amide bonds. The molecule has 19 heavy (non-hydrogen) atoms. The molecule has 1 aliphatic heterocycles. The number of hydrogen-bond acceptors (Lipinski definition) is 2. The van der Waals surface area contributed by atoms with Crippen LogP contribution in [0.1, 0.15) is 18.6 Å². The fraction of sp³-hybridized carbons (Fsp3) is 0.200. The van der Waals surface area contributed by atoms with Crippen LogP contribution in [0.5, 0.6) is 5.75 Å². The van der Waals surface area contributed by atoms with E-state index in [4.69, 9.17) is 16.3 Å². The second-order valence-electron chi connectivity index (χ2n) is 4.64. The van der Waals surface area contributed by atoms with Crippen molar-refractivity contribution in [2.75, 3.05) is 5.32 Å². The maximum atomic E-state index is 13.3. The van der Waals surface area contributed by atoms with Crippen LogP contribution < -0.4 is 10.1 Å². The molecule has 98 valence electrons. The largest absolute Gasteiger partial charge is 0.480 e. The van der Waals surface area contributed by atoms with E-state index in [0.29, 0.717) is 10.8 Å². The summed E-state index contributed by atoms with van der Waals surface area (Å²) in [6.45, 7) is 2.00. The number of ether oxygens (including phenoxy) is 1. The third-order valence-corrected chi connectivity index (χ3v) is 3.52. The van der Waals surface area contributed by atoms with Crippen LogP contribution in [0.3, 0.4) is 0 Å². The highest BCUT2D eigenvalue weighted by atomic mass is 35.5. The highest BCUT2D eigenvalue weighted by Crippen LogP contribution is 2.41. The van der Waals surface area contributed by atoms with Gasteiger partial charge in [-0.25, -0.2) is 4.39 Å². The Balaban J connectivity index is 1.99. The van der Waals surface area contributed by atoms with Crippen molar-refractivity contribution in [1.82, 2.24) is 0 Å². The van der Waals surface area contributed by atoms with Gasteiger partial charge in [0.15, 0.2) is 5.75 Å². The number of nitrogens with one attached hydrogen (secondary N) is 1. The number of hydrogen-bond donors (Lipinski definition) is 1. The van der Waals surface area contributed by atoms with Gasteiger partial charge in [-0.2, -0.15) is 0 Å². The minimum Gasteiger partial charge on any atom is -0.480 e. The van der Waals surface area contributed by atoms with Gasteiger partial charge in [0.25, 0.3) is 0 Å². The molecule has 0 saturated carbocycles. The maximum absolute atomic E-state index is 13.3. The molecule has 4 heteroatoms. The van der Waals surface area contributed by atoms with Crippen LogP contribution in [-0.2, 0) is 0 Å². The first-order chi connectivity index (χ1) is 9.15. The summed E-state index contributed by atoms with van der Waals surface area (Å²) in [4.78, 5) is 0. The molecule has 0 saturated heterocycles. The van der Waals surface area contributed by atoms with Crippen molar-refractivity contribution in [2.24, 2.45) is 0 Å². The lowest BCUT2D eigenvalue weighted by Crippen LogP contribution is -2.32. The van der Waals surface area contributed by atoms with Gasteiger partial charge in [-0.15, -0.1) is 0 Å². The molecule has 2 unspecified atom stereocenters. The normalized spacial score (nSPS) is 21.2. The number of anilines is 1. The second kappa shape index (κ2) is 4.74. The van der Waals surface area contributed by atoms with E-state index in [9.17, 15) is 4.39 Å². The Bertz CT molecular complexity index is 617. The number of benzene rings is 2. The first-order valence-corrected chi connectivity index (χ1v) is 6.50. The summed E-state index contributed by atoms with van der Waals surface area (Å²) in [6, 6.07) is 12.0. The summed E-state index contributed by atoms with van der Waals surface area (Å²) in [5.74, 6) is 0.356. The van der Waals surface area contributed by atoms with Crippen molar-refractivity contribution < 1.29 is 9.13 Å². The van der Waals surface area contributed by atoms with Gasteiger partial charge in [-0.1, -0.05) is 29.8 Å². The smallest absolute Gasteiger partial charge is 0.162 e. The van der Waals surface area contributed by atoms with Gasteiger partial charge in [-0.3, -0.25) is 0 Å². The molecule has 1 aliphatic rings. The van der Waals surface area contributed by atoms with E-state index in [0.717, 1.165) is 11.3 Å². The summed E-state index contributed by atoms with van der Waals surface area (Å²) in [7, 11) is 0. The Morgan fingerprint density at radius 3 is 2.79 bits per heavy atom. The molecule has 0 bridgehead atoms. The first-order valence-electron chi connectivity index (χ1n) is 6.12. The Labute approximate surface area is 116 Å². The van der Waals surface area contributed by atoms with E-state index in [1.807, 2.05) is 25.1 Å². The van der Waals surface area contributed by atoms with Crippen molar-refractivity contribution in [1.29, 1.82) is 0 Å². The van der Waals surface area contributed by atoms with Crippen LogP contribution in [0, 0.1) is 5.82 Å². The van der Waals surface area contributed by atoms with Crippen molar-refractivity contribution in [3.05, 3.63) is 58.9 Å². The Morgan fingerprint density at radius 2 is 2.00 bits per heavy atom. The van der Waals surface area contributed by atoms with E-state index in [1.54, 1.807) is 12.1 Å². The predicted molar refractivity (Wildman–Crippen MR) is 74.3 cm³/mol. The van der Waals surface area contributed by atoms with Gasteiger partial charge in [0.1, 0.15) is 11.9 Å². The third kappa shape index (κ3) is 2.26. The van der Waals surface area contributed by atoms with Crippen molar-refractivity contribution >= 4 is 17.3 Å². The Morgan fingerprint density at radius 1 is 1.21 bits per heavy atom. The molecule has 2 aromatic carbocycles. The maximum Gasteiger partial charge on any atom is 0.162 e. The van der Waals surface area contributed by atoms with Crippen molar-refractivity contribution in [3.8, 4) is 5.75 Å². The zero-order chi connectivity index (χ0) is 13.4. The standard InChI is InChI=1S/C15H13ClFNO/c1-9-14(10-4-2-5-11(17)8-10)19-15-12(16)6-3-7-13(15)18-9/h2-9,14,18H,1H3. The minimum atomic E-state index is -0.266. The van der Waals surface area contributed by atoms with E-state index < -0.39 is 0 Å². The van der Waals surface area contributed by atoms with E-state index >= 15 is 0 Å². The molecule has 2 aromatic rings. The van der Waals surface area contributed by atoms with Crippen molar-refractivity contribution in [2.45, 2.75) is 19.1 Å². The van der Waals surface area contributed by atoms with Crippen LogP contribution in [0.4, 0.5) is 10.1 Å². The summed E-state index contributed by atoms with van der Waals surface area (Å²) in [6.07, 6.45) is -0.261. The highest BCUT2D eigenvalue weighted by molar-refractivity contribution is 6.32. The molecule has 0 aliphatic carbocycles. The van der Waals surface area contributed by atoms with Crippen LogP contribution in [0.15, 0.2) is 42.5 Å². The summed E-state index contributed by atoms with van der Waals surface area (Å²) in [5, 5.41) is 3.89. The number of para-hydroxylation sites is 1. The molecule has 1 N–H and O–H groups in total. The van der Waals surface area contributed by atoms with Crippen LogP contribution >= 0.6 is 11.6 Å². The monoisotopic (exact) mass is 277 g/mol. The zero-order valence-electron chi connectivity index (χ0n) is 10.4. The quantitative estimate of drug-likeness (QED) is 0.833. The van der Waals surface area contributed by atoms with E-state index in [2.05, 4.69) is 5.32 Å². The van der Waals surface area contributed by atoms with Gasteiger partial charge in [0, 0.05) is 0 Å². The topological polar surface area (TPSA) is 21.3 Å². The molecule has 0 radical (unpaired) electrons. The molecule has 2 atom stereocenters. The first kappa shape index (κ1) is 12.3. The van der Waals surface area contributed by atoms with Gasteiger partial charge < -0.3 is 10.1 Å². The number of halogens is 2. The van der Waals surface area contributed by atoms with Gasteiger partial charge in [0.05, 0.1) is 16.8 Å². The lowest BCUT2D eigenvalue weighted by Gasteiger charge is -2.33. The van der Waals surface area contributed by atoms with E-state index in [1.165, 1.54) is 12.1 Å². The fourth-order valence-electron chi connectivity index (χ4n) is 2.33. The zero-order valence-corrected chi connectivity index (χ0v) is 11.1. The molecule has 2 nitrogen and oxygen atoms in total. The molecule has 0 fully saturated rings. The molecular weight excluding hydrogens is 265 g/mol. The SMILES string of the molecule is CC1Nc2cccc(Cl)c2OC1c1cccc(F)c1. The van der Waals surface area contributed by atoms with Crippen LogP contribution in [-0.4, -0.2) is 6.04 Å². The average Bonchev–Trinajstić information content (AvgIpc) is 2.38. The van der Waals surface area contributed by atoms with Gasteiger partial charge in [0.2, 0.25) is 0 Å². The van der Waals surface area contributed by atoms with E-state index in [-0.39, 0.29) is 18.0 Å². The highest BCUT2D eigenvalue weighted by Gasteiger charge is 2.29. The molecule has 0 aromatic heterocycles. The lowest BCUT2D eigenvalue weighted by atomic mass is 10.0. The second-order valence-corrected chi connectivity index (χ2v) is 5.05. The molecule has 3 rings (SSSR count). The van der Waals surface area contributed by atoms with Crippen LogP contribution in [0.2, 0.25) is 5.02 Å². The van der Waals surface area contributed by atoms with Crippen molar-refractivity contribution in [3.63, 3.8) is 0 Å². The Hall–Kier alpha value is -1.74. The minimum absolute atomic E-state index is 0.0350. The lowest BCUT2D eigenvalue weighted by molar-refractivity contribution is 0.177. The summed E-state index contributed by atoms with van der Waals surface area (Å²) < 4.78 is 19.3. The molecule has 0 spiro atoms. The molecule has 1 heterocycles. The number of fused-ring (bicyclic) bond motifs is 1. The third-order valence-electron chi connectivity index (χ3n) is 3.23. The molecular formula is C15H13ClFNO. The van der Waals surface area contributed by atoms with Gasteiger partial charge in [-0.05, 0) is 36.8 Å².